The molecule has 0 aromatic carbocycles. The Labute approximate surface area is 58.0 Å². The molecule has 1 heteroatoms. The van der Waals surface area contributed by atoms with Crippen molar-refractivity contribution in [1.29, 1.82) is 0 Å². The van der Waals surface area contributed by atoms with Gasteiger partial charge in [0.2, 0.25) is 0 Å². The van der Waals surface area contributed by atoms with Gasteiger partial charge < -0.3 is 4.90 Å². The fourth-order valence-corrected chi connectivity index (χ4v) is 1.65. The quantitative estimate of drug-likeness (QED) is 0.518. The van der Waals surface area contributed by atoms with Crippen molar-refractivity contribution in [3.05, 3.63) is 0 Å². The predicted molar refractivity (Wildman–Crippen MR) is 40.5 cm³/mol. The Bertz CT molecular complexity index is 88.6. The van der Waals surface area contributed by atoms with Crippen LogP contribution < -0.4 is 0 Å². The maximum absolute atomic E-state index is 2.35. The Morgan fingerprint density at radius 1 is 1.22 bits per heavy atom. The van der Waals surface area contributed by atoms with E-state index in [4.69, 9.17) is 0 Å². The van der Waals surface area contributed by atoms with Gasteiger partial charge in [-0.2, -0.15) is 0 Å². The van der Waals surface area contributed by atoms with Crippen LogP contribution in [-0.4, -0.2) is 25.0 Å². The summed E-state index contributed by atoms with van der Waals surface area (Å²) in [5, 5.41) is 0. The molecule has 1 nitrogen and oxygen atoms in total. The zero-order valence-electron chi connectivity index (χ0n) is 6.72. The molecule has 0 radical (unpaired) electrons. The molecule has 0 heterocycles. The Hall–Kier alpha value is -0.0400. The maximum atomic E-state index is 2.35. The van der Waals surface area contributed by atoms with Crippen molar-refractivity contribution < 1.29 is 0 Å². The molecule has 0 aliphatic heterocycles. The molecule has 0 bridgehead atoms. The van der Waals surface area contributed by atoms with Crippen LogP contribution in [0, 0.1) is 5.92 Å². The highest BCUT2D eigenvalue weighted by atomic mass is 15.1. The van der Waals surface area contributed by atoms with E-state index in [0.717, 1.165) is 12.0 Å². The summed E-state index contributed by atoms with van der Waals surface area (Å²) in [5.74, 6) is 0.970. The van der Waals surface area contributed by atoms with Gasteiger partial charge in [0.25, 0.3) is 0 Å². The highest BCUT2D eigenvalue weighted by Gasteiger charge is 2.21. The van der Waals surface area contributed by atoms with Crippen LogP contribution >= 0.6 is 0 Å². The van der Waals surface area contributed by atoms with Crippen LogP contribution in [0.2, 0.25) is 0 Å². The first-order valence-electron chi connectivity index (χ1n) is 3.86. The minimum absolute atomic E-state index is 0.875. The number of rotatable bonds is 1. The van der Waals surface area contributed by atoms with Crippen molar-refractivity contribution in [2.75, 3.05) is 14.1 Å². The molecule has 1 fully saturated rings. The van der Waals surface area contributed by atoms with Crippen molar-refractivity contribution in [2.45, 2.75) is 32.2 Å². The summed E-state index contributed by atoms with van der Waals surface area (Å²) in [6.07, 6.45) is 4.25. The molecule has 1 rings (SSSR count). The highest BCUT2D eigenvalue weighted by Crippen LogP contribution is 2.26. The third-order valence-electron chi connectivity index (χ3n) is 2.40. The van der Waals surface area contributed by atoms with E-state index in [1.54, 1.807) is 0 Å². The molecule has 0 aromatic heterocycles. The molecule has 0 amide bonds. The van der Waals surface area contributed by atoms with Crippen molar-refractivity contribution in [3.8, 4) is 0 Å². The smallest absolute Gasteiger partial charge is 0.00918 e. The molecule has 0 unspecified atom stereocenters. The highest BCUT2D eigenvalue weighted by molar-refractivity contribution is 4.77. The Kier molecular flexibility index (Phi) is 2.12. The number of nitrogens with zero attached hydrogens (tertiary/aromatic N) is 1. The van der Waals surface area contributed by atoms with E-state index in [0.29, 0.717) is 0 Å². The summed E-state index contributed by atoms with van der Waals surface area (Å²) in [5.41, 5.74) is 0. The minimum Gasteiger partial charge on any atom is -0.306 e. The van der Waals surface area contributed by atoms with Crippen LogP contribution in [0.5, 0.6) is 0 Å². The molecular formula is C8H17N. The van der Waals surface area contributed by atoms with Crippen LogP contribution in [0.15, 0.2) is 0 Å². The van der Waals surface area contributed by atoms with E-state index in [-0.39, 0.29) is 0 Å². The maximum Gasteiger partial charge on any atom is 0.00918 e. The molecule has 2 atom stereocenters. The van der Waals surface area contributed by atoms with Crippen LogP contribution in [0.3, 0.4) is 0 Å². The minimum atomic E-state index is 0.875. The number of hydrogen-bond donors (Lipinski definition) is 0. The van der Waals surface area contributed by atoms with Crippen LogP contribution in [0.4, 0.5) is 0 Å². The van der Waals surface area contributed by atoms with Gasteiger partial charge in [0.1, 0.15) is 0 Å². The second-order valence-electron chi connectivity index (χ2n) is 3.54. The van der Waals surface area contributed by atoms with Gasteiger partial charge in [0, 0.05) is 6.04 Å². The molecule has 0 N–H and O–H groups in total. The Morgan fingerprint density at radius 2 is 1.89 bits per heavy atom. The van der Waals surface area contributed by atoms with Gasteiger partial charge in [-0.1, -0.05) is 6.92 Å². The lowest BCUT2D eigenvalue weighted by atomic mass is 10.1. The fraction of sp³-hybridized carbons (Fsp3) is 1.00. The summed E-state index contributed by atoms with van der Waals surface area (Å²) in [4.78, 5) is 2.35. The molecule has 1 aliphatic carbocycles. The molecule has 0 aromatic rings. The standard InChI is InChI=1S/C8H17N/c1-7-4-5-8(6-7)9(2)3/h7-8H,4-6H2,1-3H3/t7-,8+/m1/s1. The van der Waals surface area contributed by atoms with Gasteiger partial charge in [0.05, 0.1) is 0 Å². The fourth-order valence-electron chi connectivity index (χ4n) is 1.65. The van der Waals surface area contributed by atoms with Gasteiger partial charge in [-0.3, -0.25) is 0 Å². The first kappa shape index (κ1) is 7.07. The zero-order chi connectivity index (χ0) is 6.85. The zero-order valence-corrected chi connectivity index (χ0v) is 6.72. The monoisotopic (exact) mass is 127 g/mol. The first-order valence-corrected chi connectivity index (χ1v) is 3.86. The lowest BCUT2D eigenvalue weighted by Gasteiger charge is -2.17. The van der Waals surface area contributed by atoms with Crippen molar-refractivity contribution >= 4 is 0 Å². The Balaban J connectivity index is 2.30. The number of hydrogen-bond acceptors (Lipinski definition) is 1. The van der Waals surface area contributed by atoms with Gasteiger partial charge in [-0.15, -0.1) is 0 Å². The average Bonchev–Trinajstić information content (AvgIpc) is 2.14. The van der Waals surface area contributed by atoms with Gasteiger partial charge in [-0.25, -0.2) is 0 Å². The van der Waals surface area contributed by atoms with E-state index in [2.05, 4.69) is 25.9 Å². The second-order valence-corrected chi connectivity index (χ2v) is 3.54. The predicted octanol–water partition coefficient (Wildman–Crippen LogP) is 1.74. The molecule has 0 spiro atoms. The van der Waals surface area contributed by atoms with Crippen molar-refractivity contribution in [1.82, 2.24) is 4.90 Å². The van der Waals surface area contributed by atoms with E-state index < -0.39 is 0 Å². The van der Waals surface area contributed by atoms with Crippen LogP contribution in [-0.2, 0) is 0 Å². The summed E-state index contributed by atoms with van der Waals surface area (Å²) >= 11 is 0. The molecule has 0 saturated heterocycles. The van der Waals surface area contributed by atoms with Gasteiger partial charge in [-0.05, 0) is 39.3 Å². The van der Waals surface area contributed by atoms with E-state index in [1.165, 1.54) is 19.3 Å². The summed E-state index contributed by atoms with van der Waals surface area (Å²) in [7, 11) is 4.37. The molecule has 1 aliphatic rings. The Morgan fingerprint density at radius 3 is 2.11 bits per heavy atom. The van der Waals surface area contributed by atoms with E-state index in [9.17, 15) is 0 Å². The lowest BCUT2D eigenvalue weighted by molar-refractivity contribution is 0.293. The van der Waals surface area contributed by atoms with Crippen molar-refractivity contribution in [3.63, 3.8) is 0 Å². The van der Waals surface area contributed by atoms with E-state index in [1.807, 2.05) is 0 Å². The second kappa shape index (κ2) is 2.70. The first-order chi connectivity index (χ1) is 4.20. The normalized spacial score (nSPS) is 36.0. The third-order valence-corrected chi connectivity index (χ3v) is 2.40. The third kappa shape index (κ3) is 1.68. The SMILES string of the molecule is C[C@@H]1CC[C@H](N(C)C)C1. The molecule has 1 saturated carbocycles. The molecular weight excluding hydrogens is 110 g/mol. The molecule has 54 valence electrons. The van der Waals surface area contributed by atoms with Crippen LogP contribution in [0.25, 0.3) is 0 Å². The van der Waals surface area contributed by atoms with E-state index >= 15 is 0 Å². The largest absolute Gasteiger partial charge is 0.306 e. The summed E-state index contributed by atoms with van der Waals surface area (Å²) < 4.78 is 0. The van der Waals surface area contributed by atoms with Crippen molar-refractivity contribution in [2.24, 2.45) is 5.92 Å². The molecule has 9 heavy (non-hydrogen) atoms. The summed E-state index contributed by atoms with van der Waals surface area (Å²) in [6, 6.07) is 0.875. The van der Waals surface area contributed by atoms with Gasteiger partial charge >= 0.3 is 0 Å². The van der Waals surface area contributed by atoms with Crippen LogP contribution in [0.1, 0.15) is 26.2 Å². The van der Waals surface area contributed by atoms with Gasteiger partial charge in [0.15, 0.2) is 0 Å². The lowest BCUT2D eigenvalue weighted by Crippen LogP contribution is -2.24. The topological polar surface area (TPSA) is 3.24 Å². The summed E-state index contributed by atoms with van der Waals surface area (Å²) in [6.45, 7) is 2.35. The average molecular weight is 127 g/mol.